The quantitative estimate of drug-likeness (QED) is 0.856. The lowest BCUT2D eigenvalue weighted by Crippen LogP contribution is -2.45. The third kappa shape index (κ3) is 4.55. The molecule has 1 fully saturated rings. The van der Waals surface area contributed by atoms with Gasteiger partial charge in [-0.1, -0.05) is 13.0 Å². The molecule has 0 unspecified atom stereocenters. The number of amides is 1. The van der Waals surface area contributed by atoms with Gasteiger partial charge >= 0.3 is 0 Å². The molecule has 134 valence electrons. The molecule has 0 bridgehead atoms. The number of rotatable bonds is 6. The SMILES string of the molecule is CCCc1nc(C(=O)NCc2cccnc2N2CCN(C)CC2)cs1. The predicted octanol–water partition coefficient (Wildman–Crippen LogP) is 2.17. The minimum atomic E-state index is -0.119. The summed E-state index contributed by atoms with van der Waals surface area (Å²) in [5, 5.41) is 5.85. The Labute approximate surface area is 152 Å². The van der Waals surface area contributed by atoms with E-state index in [-0.39, 0.29) is 5.91 Å². The Balaban J connectivity index is 1.63. The Bertz CT molecular complexity index is 709. The Morgan fingerprint density at radius 2 is 2.12 bits per heavy atom. The summed E-state index contributed by atoms with van der Waals surface area (Å²) in [6, 6.07) is 3.95. The monoisotopic (exact) mass is 359 g/mol. The third-order valence-corrected chi connectivity index (χ3v) is 5.27. The van der Waals surface area contributed by atoms with Crippen LogP contribution in [0.5, 0.6) is 0 Å². The molecular formula is C18H25N5OS. The first-order chi connectivity index (χ1) is 12.2. The molecule has 6 nitrogen and oxygen atoms in total. The second-order valence-corrected chi connectivity index (χ2v) is 7.28. The summed E-state index contributed by atoms with van der Waals surface area (Å²) in [4.78, 5) is 25.9. The summed E-state index contributed by atoms with van der Waals surface area (Å²) in [6.45, 7) is 6.56. The van der Waals surface area contributed by atoms with Crippen molar-refractivity contribution in [2.45, 2.75) is 26.3 Å². The summed E-state index contributed by atoms with van der Waals surface area (Å²) < 4.78 is 0. The van der Waals surface area contributed by atoms with Crippen molar-refractivity contribution in [1.29, 1.82) is 0 Å². The van der Waals surface area contributed by atoms with Crippen molar-refractivity contribution >= 4 is 23.1 Å². The van der Waals surface area contributed by atoms with E-state index in [1.807, 2.05) is 23.7 Å². The molecule has 1 N–H and O–H groups in total. The zero-order valence-electron chi connectivity index (χ0n) is 14.9. The van der Waals surface area contributed by atoms with Gasteiger partial charge in [-0.2, -0.15) is 0 Å². The zero-order chi connectivity index (χ0) is 17.6. The van der Waals surface area contributed by atoms with Gasteiger partial charge in [-0.05, 0) is 26.0 Å². The molecule has 0 aliphatic carbocycles. The topological polar surface area (TPSA) is 61.4 Å². The number of carbonyl (C=O) groups excluding carboxylic acids is 1. The van der Waals surface area contributed by atoms with Crippen LogP contribution in [-0.2, 0) is 13.0 Å². The van der Waals surface area contributed by atoms with Gasteiger partial charge < -0.3 is 15.1 Å². The van der Waals surface area contributed by atoms with Crippen LogP contribution < -0.4 is 10.2 Å². The highest BCUT2D eigenvalue weighted by molar-refractivity contribution is 7.09. The smallest absolute Gasteiger partial charge is 0.271 e. The van der Waals surface area contributed by atoms with Crippen molar-refractivity contribution in [3.05, 3.63) is 40.0 Å². The lowest BCUT2D eigenvalue weighted by atomic mass is 10.2. The summed E-state index contributed by atoms with van der Waals surface area (Å²) in [5.74, 6) is 0.854. The molecule has 3 rings (SSSR count). The van der Waals surface area contributed by atoms with Crippen molar-refractivity contribution in [2.75, 3.05) is 38.1 Å². The lowest BCUT2D eigenvalue weighted by Gasteiger charge is -2.34. The van der Waals surface area contributed by atoms with E-state index >= 15 is 0 Å². The second kappa shape index (κ2) is 8.40. The summed E-state index contributed by atoms with van der Waals surface area (Å²) >= 11 is 1.55. The first-order valence-corrected chi connectivity index (χ1v) is 9.65. The van der Waals surface area contributed by atoms with Gasteiger partial charge in [0.05, 0.1) is 5.01 Å². The van der Waals surface area contributed by atoms with Crippen molar-refractivity contribution in [2.24, 2.45) is 0 Å². The number of hydrogen-bond acceptors (Lipinski definition) is 6. The number of pyridine rings is 1. The van der Waals surface area contributed by atoms with Crippen LogP contribution in [-0.4, -0.2) is 54.0 Å². The second-order valence-electron chi connectivity index (χ2n) is 6.34. The van der Waals surface area contributed by atoms with Gasteiger partial charge in [0, 0.05) is 49.9 Å². The largest absolute Gasteiger partial charge is 0.354 e. The fourth-order valence-electron chi connectivity index (χ4n) is 2.88. The molecule has 0 saturated carbocycles. The predicted molar refractivity (Wildman–Crippen MR) is 101 cm³/mol. The average Bonchev–Trinajstić information content (AvgIpc) is 3.10. The first kappa shape index (κ1) is 17.8. The number of piperazine rings is 1. The number of likely N-dealkylation sites (N-methyl/N-ethyl adjacent to an activating group) is 1. The number of thiazole rings is 1. The number of aryl methyl sites for hydroxylation is 1. The van der Waals surface area contributed by atoms with Crippen LogP contribution in [0.4, 0.5) is 5.82 Å². The molecule has 7 heteroatoms. The van der Waals surface area contributed by atoms with Crippen LogP contribution in [0.15, 0.2) is 23.7 Å². The van der Waals surface area contributed by atoms with Crippen molar-refractivity contribution < 1.29 is 4.79 Å². The Morgan fingerprint density at radius 1 is 1.32 bits per heavy atom. The molecule has 2 aromatic heterocycles. The van der Waals surface area contributed by atoms with E-state index in [0.29, 0.717) is 12.2 Å². The van der Waals surface area contributed by atoms with Crippen molar-refractivity contribution in [3.63, 3.8) is 0 Å². The van der Waals surface area contributed by atoms with E-state index in [1.54, 1.807) is 11.3 Å². The molecule has 0 radical (unpaired) electrons. The number of aromatic nitrogens is 2. The molecule has 1 saturated heterocycles. The van der Waals surface area contributed by atoms with Crippen LogP contribution in [0.1, 0.15) is 34.4 Å². The maximum absolute atomic E-state index is 12.4. The van der Waals surface area contributed by atoms with Gasteiger partial charge in [-0.3, -0.25) is 4.79 Å². The first-order valence-electron chi connectivity index (χ1n) is 8.77. The number of anilines is 1. The normalized spacial score (nSPS) is 15.4. The molecule has 0 spiro atoms. The molecule has 2 aromatic rings. The average molecular weight is 359 g/mol. The van der Waals surface area contributed by atoms with Crippen molar-refractivity contribution in [1.82, 2.24) is 20.2 Å². The van der Waals surface area contributed by atoms with E-state index in [1.165, 1.54) is 0 Å². The number of carbonyl (C=O) groups is 1. The molecule has 0 atom stereocenters. The number of hydrogen-bond donors (Lipinski definition) is 1. The van der Waals surface area contributed by atoms with E-state index in [4.69, 9.17) is 0 Å². The van der Waals surface area contributed by atoms with Gasteiger partial charge in [0.2, 0.25) is 0 Å². The Kier molecular flexibility index (Phi) is 5.99. The zero-order valence-corrected chi connectivity index (χ0v) is 15.7. The van der Waals surface area contributed by atoms with E-state index in [0.717, 1.165) is 55.4 Å². The summed E-state index contributed by atoms with van der Waals surface area (Å²) in [5.41, 5.74) is 1.56. The summed E-state index contributed by atoms with van der Waals surface area (Å²) in [7, 11) is 2.14. The highest BCUT2D eigenvalue weighted by atomic mass is 32.1. The van der Waals surface area contributed by atoms with Crippen LogP contribution in [0.25, 0.3) is 0 Å². The summed E-state index contributed by atoms with van der Waals surface area (Å²) in [6.07, 6.45) is 3.78. The third-order valence-electron chi connectivity index (χ3n) is 4.36. The Morgan fingerprint density at radius 3 is 2.88 bits per heavy atom. The lowest BCUT2D eigenvalue weighted by molar-refractivity contribution is 0.0946. The van der Waals surface area contributed by atoms with Crippen LogP contribution in [0, 0.1) is 0 Å². The van der Waals surface area contributed by atoms with E-state index in [2.05, 4.69) is 39.1 Å². The number of nitrogens with zero attached hydrogens (tertiary/aromatic N) is 4. The van der Waals surface area contributed by atoms with Gasteiger partial charge in [0.1, 0.15) is 11.5 Å². The number of nitrogens with one attached hydrogen (secondary N) is 1. The van der Waals surface area contributed by atoms with Gasteiger partial charge in [-0.15, -0.1) is 11.3 Å². The molecular weight excluding hydrogens is 334 g/mol. The van der Waals surface area contributed by atoms with Gasteiger partial charge in [0.25, 0.3) is 5.91 Å². The molecule has 1 aliphatic rings. The molecule has 25 heavy (non-hydrogen) atoms. The van der Waals surface area contributed by atoms with E-state index < -0.39 is 0 Å². The fraction of sp³-hybridized carbons (Fsp3) is 0.500. The molecule has 0 aromatic carbocycles. The van der Waals surface area contributed by atoms with Gasteiger partial charge in [0.15, 0.2) is 0 Å². The molecule has 1 amide bonds. The van der Waals surface area contributed by atoms with Gasteiger partial charge in [-0.25, -0.2) is 9.97 Å². The van der Waals surface area contributed by atoms with Crippen LogP contribution in [0.3, 0.4) is 0 Å². The highest BCUT2D eigenvalue weighted by Crippen LogP contribution is 2.19. The standard InChI is InChI=1S/C18H25N5OS/c1-3-5-16-21-15(13-25-16)18(24)20-12-14-6-4-7-19-17(14)23-10-8-22(2)9-11-23/h4,6-7,13H,3,5,8-12H2,1-2H3,(H,20,24). The maximum atomic E-state index is 12.4. The van der Waals surface area contributed by atoms with Crippen LogP contribution >= 0.6 is 11.3 Å². The fourth-order valence-corrected chi connectivity index (χ4v) is 3.76. The minimum Gasteiger partial charge on any atom is -0.354 e. The highest BCUT2D eigenvalue weighted by Gasteiger charge is 2.18. The molecule has 1 aliphatic heterocycles. The van der Waals surface area contributed by atoms with Crippen LogP contribution in [0.2, 0.25) is 0 Å². The van der Waals surface area contributed by atoms with E-state index in [9.17, 15) is 4.79 Å². The van der Waals surface area contributed by atoms with Crippen molar-refractivity contribution in [3.8, 4) is 0 Å². The minimum absolute atomic E-state index is 0.119. The Hall–Kier alpha value is -1.99. The maximum Gasteiger partial charge on any atom is 0.271 e. The molecule has 3 heterocycles.